The number of hydrogen-bond acceptors (Lipinski definition) is 7. The number of para-hydroxylation sites is 1. The molecule has 0 aliphatic heterocycles. The lowest BCUT2D eigenvalue weighted by molar-refractivity contribution is -0.385. The number of nitrogens with zero attached hydrogens (tertiary/aromatic N) is 3. The Morgan fingerprint density at radius 3 is 2.71 bits per heavy atom. The molecule has 8 heteroatoms. The molecule has 0 spiro atoms. The van der Waals surface area contributed by atoms with Gasteiger partial charge in [0.1, 0.15) is 11.6 Å². The van der Waals surface area contributed by atoms with Gasteiger partial charge in [0.2, 0.25) is 0 Å². The van der Waals surface area contributed by atoms with Crippen molar-refractivity contribution < 1.29 is 15.1 Å². The Kier molecular flexibility index (Phi) is 3.94. The fraction of sp³-hybridized carbons (Fsp3) is 0. The van der Waals surface area contributed by atoms with Crippen molar-refractivity contribution in [1.82, 2.24) is 4.98 Å². The second kappa shape index (κ2) is 6.21. The average Bonchev–Trinajstić information content (AvgIpc) is 2.56. The maximum absolute atomic E-state index is 10.8. The maximum Gasteiger partial charge on any atom is 0.311 e. The number of phenols is 2. The first-order valence-corrected chi connectivity index (χ1v) is 6.90. The van der Waals surface area contributed by atoms with E-state index >= 15 is 0 Å². The lowest BCUT2D eigenvalue weighted by Gasteiger charge is -2.03. The van der Waals surface area contributed by atoms with Crippen LogP contribution in [-0.2, 0) is 0 Å². The van der Waals surface area contributed by atoms with E-state index in [1.165, 1.54) is 6.21 Å². The number of pyridine rings is 1. The standard InChI is InChI=1S/C16H12N4O4/c21-14-8-15(22)13(20(23)24)7-11(14)9-17-19-16-6-5-10-3-1-2-4-12(10)18-16/h1-9,21-22H,(H,18,19). The molecule has 24 heavy (non-hydrogen) atoms. The van der Waals surface area contributed by atoms with Gasteiger partial charge < -0.3 is 10.2 Å². The molecule has 3 N–H and O–H groups in total. The fourth-order valence-electron chi connectivity index (χ4n) is 2.13. The molecule has 1 heterocycles. The van der Waals surface area contributed by atoms with Gasteiger partial charge in [-0.05, 0) is 18.2 Å². The van der Waals surface area contributed by atoms with E-state index in [0.717, 1.165) is 23.0 Å². The molecule has 0 aliphatic carbocycles. The summed E-state index contributed by atoms with van der Waals surface area (Å²) in [5.74, 6) is -0.452. The van der Waals surface area contributed by atoms with Crippen molar-refractivity contribution in [1.29, 1.82) is 0 Å². The molecular weight excluding hydrogens is 312 g/mol. The fourth-order valence-corrected chi connectivity index (χ4v) is 2.13. The predicted octanol–water partition coefficient (Wildman–Crippen LogP) is 3.00. The topological polar surface area (TPSA) is 121 Å². The largest absolute Gasteiger partial charge is 0.507 e. The van der Waals surface area contributed by atoms with E-state index < -0.39 is 16.4 Å². The van der Waals surface area contributed by atoms with E-state index in [0.29, 0.717) is 5.82 Å². The second-order valence-corrected chi connectivity index (χ2v) is 4.92. The number of phenolic OH excluding ortho intramolecular Hbond substituents is 2. The van der Waals surface area contributed by atoms with Crippen molar-refractivity contribution >= 4 is 28.6 Å². The Morgan fingerprint density at radius 1 is 1.12 bits per heavy atom. The third-order valence-electron chi connectivity index (χ3n) is 3.30. The summed E-state index contributed by atoms with van der Waals surface area (Å²) < 4.78 is 0. The van der Waals surface area contributed by atoms with Crippen molar-refractivity contribution in [3.05, 3.63) is 64.2 Å². The summed E-state index contributed by atoms with van der Waals surface area (Å²) >= 11 is 0. The van der Waals surface area contributed by atoms with Crippen molar-refractivity contribution in [3.8, 4) is 11.5 Å². The summed E-state index contributed by atoms with van der Waals surface area (Å²) in [5, 5.41) is 34.8. The monoisotopic (exact) mass is 324 g/mol. The first-order valence-electron chi connectivity index (χ1n) is 6.90. The van der Waals surface area contributed by atoms with Crippen molar-refractivity contribution in [2.75, 3.05) is 5.43 Å². The molecule has 0 saturated carbocycles. The Balaban J connectivity index is 1.82. The van der Waals surface area contributed by atoms with E-state index in [-0.39, 0.29) is 11.3 Å². The number of nitrogens with one attached hydrogen (secondary N) is 1. The molecule has 0 fully saturated rings. The molecule has 0 aliphatic rings. The molecule has 0 bridgehead atoms. The maximum atomic E-state index is 10.8. The summed E-state index contributed by atoms with van der Waals surface area (Å²) in [6.45, 7) is 0. The summed E-state index contributed by atoms with van der Waals surface area (Å²) in [6, 6.07) is 13.1. The highest BCUT2D eigenvalue weighted by molar-refractivity contribution is 5.86. The number of fused-ring (bicyclic) bond motifs is 1. The Hall–Kier alpha value is -3.68. The lowest BCUT2D eigenvalue weighted by atomic mass is 10.2. The predicted molar refractivity (Wildman–Crippen MR) is 89.4 cm³/mol. The SMILES string of the molecule is O=[N+]([O-])c1cc(C=NNc2ccc3ccccc3n2)c(O)cc1O. The minimum absolute atomic E-state index is 0.0905. The molecule has 0 atom stereocenters. The number of nitro benzene ring substituents is 1. The zero-order chi connectivity index (χ0) is 17.1. The van der Waals surface area contributed by atoms with Gasteiger partial charge in [-0.3, -0.25) is 15.5 Å². The van der Waals surface area contributed by atoms with E-state index in [1.807, 2.05) is 30.3 Å². The summed E-state index contributed by atoms with van der Waals surface area (Å²) in [5.41, 5.74) is 3.06. The highest BCUT2D eigenvalue weighted by Gasteiger charge is 2.16. The molecule has 3 aromatic rings. The molecule has 0 saturated heterocycles. The van der Waals surface area contributed by atoms with E-state index in [2.05, 4.69) is 15.5 Å². The van der Waals surface area contributed by atoms with Crippen LogP contribution in [0.2, 0.25) is 0 Å². The summed E-state index contributed by atoms with van der Waals surface area (Å²) in [4.78, 5) is 14.4. The molecule has 8 nitrogen and oxygen atoms in total. The van der Waals surface area contributed by atoms with Gasteiger partial charge in [-0.2, -0.15) is 5.10 Å². The number of aromatic hydroxyl groups is 2. The number of nitro groups is 1. The highest BCUT2D eigenvalue weighted by Crippen LogP contribution is 2.32. The molecule has 0 unspecified atom stereocenters. The van der Waals surface area contributed by atoms with Crippen LogP contribution in [0.15, 0.2) is 53.6 Å². The number of hydrogen-bond donors (Lipinski definition) is 3. The van der Waals surface area contributed by atoms with Gasteiger partial charge in [0, 0.05) is 23.1 Å². The van der Waals surface area contributed by atoms with Gasteiger partial charge in [-0.25, -0.2) is 4.98 Å². The van der Waals surface area contributed by atoms with Crippen LogP contribution in [0.25, 0.3) is 10.9 Å². The van der Waals surface area contributed by atoms with Crippen molar-refractivity contribution in [2.45, 2.75) is 0 Å². The molecule has 120 valence electrons. The van der Waals surface area contributed by atoms with Gasteiger partial charge >= 0.3 is 5.69 Å². The Labute approximate surface area is 135 Å². The average molecular weight is 324 g/mol. The van der Waals surface area contributed by atoms with Gasteiger partial charge in [0.05, 0.1) is 16.7 Å². The number of rotatable bonds is 4. The minimum atomic E-state index is -0.746. The number of hydrazone groups is 1. The van der Waals surface area contributed by atoms with Crippen LogP contribution < -0.4 is 5.43 Å². The van der Waals surface area contributed by atoms with E-state index in [9.17, 15) is 20.3 Å². The Bertz CT molecular complexity index is 956. The second-order valence-electron chi connectivity index (χ2n) is 4.92. The smallest absolute Gasteiger partial charge is 0.311 e. The summed E-state index contributed by atoms with van der Waals surface area (Å²) in [6.07, 6.45) is 1.21. The number of benzene rings is 2. The van der Waals surface area contributed by atoms with Crippen LogP contribution >= 0.6 is 0 Å². The van der Waals surface area contributed by atoms with Gasteiger partial charge in [0.15, 0.2) is 5.75 Å². The molecule has 0 amide bonds. The molecule has 2 aromatic carbocycles. The van der Waals surface area contributed by atoms with Gasteiger partial charge in [-0.1, -0.05) is 18.2 Å². The van der Waals surface area contributed by atoms with Crippen LogP contribution in [0, 0.1) is 10.1 Å². The van der Waals surface area contributed by atoms with E-state index in [4.69, 9.17) is 0 Å². The quantitative estimate of drug-likeness (QED) is 0.385. The van der Waals surface area contributed by atoms with E-state index in [1.54, 1.807) is 6.07 Å². The van der Waals surface area contributed by atoms with Crippen LogP contribution in [0.4, 0.5) is 11.5 Å². The van der Waals surface area contributed by atoms with Crippen molar-refractivity contribution in [3.63, 3.8) is 0 Å². The Morgan fingerprint density at radius 2 is 1.92 bits per heavy atom. The third kappa shape index (κ3) is 3.07. The van der Waals surface area contributed by atoms with Crippen LogP contribution in [0.5, 0.6) is 11.5 Å². The van der Waals surface area contributed by atoms with Crippen LogP contribution in [0.3, 0.4) is 0 Å². The molecule has 3 rings (SSSR count). The van der Waals surface area contributed by atoms with Gasteiger partial charge in [-0.15, -0.1) is 0 Å². The molecule has 0 radical (unpaired) electrons. The van der Waals surface area contributed by atoms with Crippen LogP contribution in [-0.4, -0.2) is 26.3 Å². The minimum Gasteiger partial charge on any atom is -0.507 e. The highest BCUT2D eigenvalue weighted by atomic mass is 16.6. The molecular formula is C16H12N4O4. The first kappa shape index (κ1) is 15.2. The number of anilines is 1. The van der Waals surface area contributed by atoms with Crippen LogP contribution in [0.1, 0.15) is 5.56 Å². The molecule has 1 aromatic heterocycles. The third-order valence-corrected chi connectivity index (χ3v) is 3.30. The first-order chi connectivity index (χ1) is 11.5. The number of aromatic nitrogens is 1. The zero-order valence-electron chi connectivity index (χ0n) is 12.2. The van der Waals surface area contributed by atoms with Crippen molar-refractivity contribution in [2.24, 2.45) is 5.10 Å². The lowest BCUT2D eigenvalue weighted by Crippen LogP contribution is -1.95. The normalized spacial score (nSPS) is 11.0. The zero-order valence-corrected chi connectivity index (χ0v) is 12.2. The summed E-state index contributed by atoms with van der Waals surface area (Å²) in [7, 11) is 0. The van der Waals surface area contributed by atoms with Gasteiger partial charge in [0.25, 0.3) is 0 Å².